The lowest BCUT2D eigenvalue weighted by Gasteiger charge is -2.25. The van der Waals surface area contributed by atoms with Gasteiger partial charge in [-0.1, -0.05) is 51.8 Å². The fraction of sp³-hybridized carbons (Fsp3) is 0.591. The van der Waals surface area contributed by atoms with Gasteiger partial charge >= 0.3 is 0 Å². The van der Waals surface area contributed by atoms with E-state index in [-0.39, 0.29) is 29.8 Å². The molecule has 0 radical (unpaired) electrons. The van der Waals surface area contributed by atoms with E-state index in [9.17, 15) is 9.90 Å². The maximum absolute atomic E-state index is 12.8. The van der Waals surface area contributed by atoms with Crippen LogP contribution in [-0.2, 0) is 11.2 Å². The minimum atomic E-state index is -0.380. The van der Waals surface area contributed by atoms with E-state index in [0.29, 0.717) is 18.9 Å². The van der Waals surface area contributed by atoms with Crippen LogP contribution >= 0.6 is 0 Å². The van der Waals surface area contributed by atoms with Crippen molar-refractivity contribution in [2.75, 3.05) is 6.54 Å². The molecule has 1 rings (SSSR count). The molecule has 3 atom stereocenters. The Bertz CT molecular complexity index is 557. The van der Waals surface area contributed by atoms with Gasteiger partial charge < -0.3 is 16.2 Å². The number of nitrogens with two attached hydrogens (primary N) is 1. The lowest BCUT2D eigenvalue weighted by molar-refractivity contribution is -0.123. The highest BCUT2D eigenvalue weighted by Crippen LogP contribution is 2.13. The summed E-state index contributed by atoms with van der Waals surface area (Å²) in [7, 11) is 0. The molecule has 0 aliphatic rings. The van der Waals surface area contributed by atoms with Crippen molar-refractivity contribution in [2.45, 2.75) is 71.0 Å². The minimum Gasteiger partial charge on any atom is -0.508 e. The van der Waals surface area contributed by atoms with Crippen LogP contribution < -0.4 is 16.4 Å². The Morgan fingerprint density at radius 3 is 2.52 bits per heavy atom. The second-order valence-electron chi connectivity index (χ2n) is 7.71. The molecule has 0 aliphatic heterocycles. The molecule has 5 N–H and O–H groups in total. The van der Waals surface area contributed by atoms with Gasteiger partial charge in [-0.05, 0) is 42.9 Å². The smallest absolute Gasteiger partial charge is 0.237 e. The van der Waals surface area contributed by atoms with Crippen LogP contribution in [0.5, 0.6) is 5.75 Å². The molecule has 0 spiro atoms. The number of carbonyl (C=O) groups excluding carboxylic acids is 1. The van der Waals surface area contributed by atoms with Crippen molar-refractivity contribution in [1.29, 1.82) is 0 Å². The van der Waals surface area contributed by atoms with Gasteiger partial charge in [0.15, 0.2) is 0 Å². The fourth-order valence-electron chi connectivity index (χ4n) is 3.02. The highest BCUT2D eigenvalue weighted by Gasteiger charge is 2.22. The topological polar surface area (TPSA) is 87.4 Å². The van der Waals surface area contributed by atoms with Gasteiger partial charge in [0.25, 0.3) is 0 Å². The maximum Gasteiger partial charge on any atom is 0.237 e. The number of phenolic OH excluding ortho intramolecular Hbond substituents is 1. The van der Waals surface area contributed by atoms with Gasteiger partial charge in [-0.3, -0.25) is 10.1 Å². The van der Waals surface area contributed by atoms with Crippen LogP contribution in [0.3, 0.4) is 0 Å². The molecule has 0 aliphatic carbocycles. The summed E-state index contributed by atoms with van der Waals surface area (Å²) in [5.74, 6) is 0.671. The third-order valence-corrected chi connectivity index (χ3v) is 4.58. The van der Waals surface area contributed by atoms with Gasteiger partial charge in [-0.25, -0.2) is 0 Å². The van der Waals surface area contributed by atoms with Crippen molar-refractivity contribution in [3.8, 4) is 5.75 Å². The van der Waals surface area contributed by atoms with Crippen molar-refractivity contribution in [1.82, 2.24) is 10.6 Å². The number of amides is 1. The minimum absolute atomic E-state index is 0.0194. The maximum atomic E-state index is 12.8. The molecule has 5 heteroatoms. The van der Waals surface area contributed by atoms with Crippen LogP contribution in [0.2, 0.25) is 0 Å². The van der Waals surface area contributed by atoms with Crippen molar-refractivity contribution in [2.24, 2.45) is 11.7 Å². The lowest BCUT2D eigenvalue weighted by Crippen LogP contribution is -2.51. The third kappa shape index (κ3) is 9.59. The quantitative estimate of drug-likeness (QED) is 0.399. The molecule has 0 saturated carbocycles. The van der Waals surface area contributed by atoms with Crippen LogP contribution in [-0.4, -0.2) is 35.7 Å². The van der Waals surface area contributed by atoms with Crippen molar-refractivity contribution in [3.05, 3.63) is 42.5 Å². The monoisotopic (exact) mass is 375 g/mol. The summed E-state index contributed by atoms with van der Waals surface area (Å²) in [6.45, 7) is 10.8. The summed E-state index contributed by atoms with van der Waals surface area (Å²) in [5, 5.41) is 15.9. The van der Waals surface area contributed by atoms with E-state index < -0.39 is 0 Å². The second-order valence-corrected chi connectivity index (χ2v) is 7.71. The molecule has 0 aromatic heterocycles. The number of rotatable bonds is 13. The van der Waals surface area contributed by atoms with E-state index in [1.165, 1.54) is 0 Å². The summed E-state index contributed by atoms with van der Waals surface area (Å²) in [4.78, 5) is 12.8. The first-order valence-electron chi connectivity index (χ1n) is 10.1. The van der Waals surface area contributed by atoms with Crippen LogP contribution in [0.4, 0.5) is 0 Å². The van der Waals surface area contributed by atoms with Gasteiger partial charge in [0.2, 0.25) is 5.91 Å². The lowest BCUT2D eigenvalue weighted by atomic mass is 10.00. The Morgan fingerprint density at radius 2 is 1.96 bits per heavy atom. The van der Waals surface area contributed by atoms with E-state index in [0.717, 1.165) is 31.2 Å². The predicted molar refractivity (Wildman–Crippen MR) is 113 cm³/mol. The molecular weight excluding hydrogens is 338 g/mol. The zero-order valence-corrected chi connectivity index (χ0v) is 17.1. The average molecular weight is 376 g/mol. The molecule has 0 heterocycles. The number of phenols is 1. The molecule has 1 amide bonds. The summed E-state index contributed by atoms with van der Waals surface area (Å²) in [6.07, 6.45) is 6.40. The first kappa shape index (κ1) is 23.2. The van der Waals surface area contributed by atoms with Crippen molar-refractivity contribution >= 4 is 5.91 Å². The van der Waals surface area contributed by atoms with Crippen LogP contribution in [0.15, 0.2) is 36.9 Å². The zero-order valence-electron chi connectivity index (χ0n) is 17.1. The summed E-state index contributed by atoms with van der Waals surface area (Å²) in [6, 6.07) is 6.63. The molecule has 5 nitrogen and oxygen atoms in total. The van der Waals surface area contributed by atoms with E-state index in [2.05, 4.69) is 38.0 Å². The summed E-state index contributed by atoms with van der Waals surface area (Å²) >= 11 is 0. The molecule has 152 valence electrons. The summed E-state index contributed by atoms with van der Waals surface area (Å²) in [5.41, 5.74) is 7.08. The molecular formula is C22H37N3O2. The zero-order chi connectivity index (χ0) is 20.2. The number of unbranched alkanes of at least 4 members (excludes halogenated alkanes) is 1. The largest absolute Gasteiger partial charge is 0.508 e. The number of hydrogen-bond donors (Lipinski definition) is 4. The second kappa shape index (κ2) is 12.5. The SMILES string of the molecule is C=C[C@H](CC(C)C)N[C@@H](Cc1ccc(O)cc1)C(=O)NC[C@@H](N)CCCC. The Morgan fingerprint density at radius 1 is 1.30 bits per heavy atom. The first-order chi connectivity index (χ1) is 12.8. The third-order valence-electron chi connectivity index (χ3n) is 4.58. The Hall–Kier alpha value is -1.85. The highest BCUT2D eigenvalue weighted by atomic mass is 16.3. The average Bonchev–Trinajstić information content (AvgIpc) is 2.64. The Labute approximate surface area is 164 Å². The van der Waals surface area contributed by atoms with Crippen molar-refractivity contribution in [3.63, 3.8) is 0 Å². The van der Waals surface area contributed by atoms with Gasteiger partial charge in [0, 0.05) is 18.6 Å². The van der Waals surface area contributed by atoms with E-state index in [4.69, 9.17) is 5.73 Å². The fourth-order valence-corrected chi connectivity index (χ4v) is 3.02. The molecule has 1 aromatic carbocycles. The van der Waals surface area contributed by atoms with Gasteiger partial charge in [0.05, 0.1) is 6.04 Å². The summed E-state index contributed by atoms with van der Waals surface area (Å²) < 4.78 is 0. The van der Waals surface area contributed by atoms with Gasteiger partial charge in [-0.15, -0.1) is 6.58 Å². The van der Waals surface area contributed by atoms with E-state index in [1.807, 2.05) is 18.2 Å². The predicted octanol–water partition coefficient (Wildman–Crippen LogP) is 3.13. The Balaban J connectivity index is 2.76. The van der Waals surface area contributed by atoms with E-state index >= 15 is 0 Å². The number of carbonyl (C=O) groups is 1. The number of aromatic hydroxyl groups is 1. The molecule has 1 aromatic rings. The molecule has 0 saturated heterocycles. The highest BCUT2D eigenvalue weighted by molar-refractivity contribution is 5.82. The molecule has 0 bridgehead atoms. The van der Waals surface area contributed by atoms with Crippen LogP contribution in [0, 0.1) is 5.92 Å². The van der Waals surface area contributed by atoms with E-state index in [1.54, 1.807) is 12.1 Å². The number of benzene rings is 1. The van der Waals surface area contributed by atoms with Crippen LogP contribution in [0.25, 0.3) is 0 Å². The number of hydrogen-bond acceptors (Lipinski definition) is 4. The molecule has 0 fully saturated rings. The van der Waals surface area contributed by atoms with Gasteiger partial charge in [-0.2, -0.15) is 0 Å². The first-order valence-corrected chi connectivity index (χ1v) is 10.1. The van der Waals surface area contributed by atoms with Crippen LogP contribution in [0.1, 0.15) is 52.0 Å². The molecule has 27 heavy (non-hydrogen) atoms. The molecule has 0 unspecified atom stereocenters. The van der Waals surface area contributed by atoms with Crippen molar-refractivity contribution < 1.29 is 9.90 Å². The normalized spacial score (nSPS) is 14.6. The van der Waals surface area contributed by atoms with Gasteiger partial charge in [0.1, 0.15) is 5.75 Å². The standard InChI is InChI=1S/C22H37N3O2/c1-5-7-8-18(23)15-24-22(27)21(25-19(6-2)13-16(3)4)14-17-9-11-20(26)12-10-17/h6,9-12,16,18-19,21,25-26H,2,5,7-8,13-15,23H2,1,3-4H3,(H,24,27)/t18-,19+,21-/m0/s1. The number of nitrogens with one attached hydrogen (secondary N) is 2. The Kier molecular flexibility index (Phi) is 10.8.